The minimum Gasteiger partial charge on any atom is -0.444 e. The molecule has 2 heterocycles. The zero-order valence-electron chi connectivity index (χ0n) is 13.7. The van der Waals surface area contributed by atoms with E-state index in [0.717, 1.165) is 11.1 Å². The van der Waals surface area contributed by atoms with Gasteiger partial charge in [-0.25, -0.2) is 4.98 Å². The number of ether oxygens (including phenoxy) is 1. The molecule has 1 aromatic heterocycles. The molecule has 1 fully saturated rings. The summed E-state index contributed by atoms with van der Waals surface area (Å²) in [6.07, 6.45) is 2.97. The summed E-state index contributed by atoms with van der Waals surface area (Å²) in [6.45, 7) is 1.71. The van der Waals surface area contributed by atoms with Gasteiger partial charge in [-0.1, -0.05) is 42.5 Å². The molecule has 1 aliphatic rings. The highest BCUT2D eigenvalue weighted by Gasteiger charge is 2.26. The van der Waals surface area contributed by atoms with Crippen LogP contribution in [0.25, 0.3) is 11.3 Å². The van der Waals surface area contributed by atoms with E-state index < -0.39 is 0 Å². The van der Waals surface area contributed by atoms with Gasteiger partial charge in [-0.05, 0) is 17.7 Å². The van der Waals surface area contributed by atoms with Crippen molar-refractivity contribution in [3.8, 4) is 11.3 Å². The Balaban J connectivity index is 1.48. The van der Waals surface area contributed by atoms with Crippen molar-refractivity contribution in [1.82, 2.24) is 9.88 Å². The zero-order valence-corrected chi connectivity index (χ0v) is 13.7. The predicted octanol–water partition coefficient (Wildman–Crippen LogP) is 3.56. The van der Waals surface area contributed by atoms with E-state index in [9.17, 15) is 4.79 Å². The Kier molecular flexibility index (Phi) is 4.31. The first-order valence-corrected chi connectivity index (χ1v) is 8.26. The number of oxazole rings is 1. The number of amides is 1. The highest BCUT2D eigenvalue weighted by atomic mass is 16.5. The number of hydrogen-bond acceptors (Lipinski definition) is 4. The van der Waals surface area contributed by atoms with Crippen LogP contribution in [0.4, 0.5) is 0 Å². The Bertz CT molecular complexity index is 829. The van der Waals surface area contributed by atoms with Gasteiger partial charge in [0.2, 0.25) is 0 Å². The van der Waals surface area contributed by atoms with Gasteiger partial charge in [0.15, 0.2) is 12.2 Å². The van der Waals surface area contributed by atoms with Gasteiger partial charge in [-0.15, -0.1) is 0 Å². The third-order valence-corrected chi connectivity index (χ3v) is 4.37. The van der Waals surface area contributed by atoms with Crippen LogP contribution in [0, 0.1) is 0 Å². The van der Waals surface area contributed by atoms with Crippen LogP contribution in [-0.2, 0) is 4.74 Å². The van der Waals surface area contributed by atoms with E-state index in [1.807, 2.05) is 59.5 Å². The van der Waals surface area contributed by atoms with E-state index in [0.29, 0.717) is 31.0 Å². The summed E-state index contributed by atoms with van der Waals surface area (Å²) >= 11 is 0. The van der Waals surface area contributed by atoms with Gasteiger partial charge in [0.1, 0.15) is 6.10 Å². The van der Waals surface area contributed by atoms with E-state index >= 15 is 0 Å². The molecule has 0 N–H and O–H groups in total. The van der Waals surface area contributed by atoms with Gasteiger partial charge < -0.3 is 14.1 Å². The summed E-state index contributed by atoms with van der Waals surface area (Å²) in [5, 5.41) is 0. The molecule has 1 saturated heterocycles. The van der Waals surface area contributed by atoms with Crippen molar-refractivity contribution in [1.29, 1.82) is 0 Å². The molecule has 0 spiro atoms. The van der Waals surface area contributed by atoms with Crippen LogP contribution in [0.15, 0.2) is 71.6 Å². The summed E-state index contributed by atoms with van der Waals surface area (Å²) in [6, 6.07) is 17.4. The van der Waals surface area contributed by atoms with Crippen LogP contribution >= 0.6 is 0 Å². The maximum absolute atomic E-state index is 12.8. The number of aromatic nitrogens is 1. The topological polar surface area (TPSA) is 55.6 Å². The van der Waals surface area contributed by atoms with Gasteiger partial charge in [0.05, 0.1) is 19.3 Å². The third kappa shape index (κ3) is 3.32. The molecule has 0 bridgehead atoms. The Morgan fingerprint density at radius 2 is 1.88 bits per heavy atom. The molecule has 0 saturated carbocycles. The molecule has 25 heavy (non-hydrogen) atoms. The first kappa shape index (κ1) is 15.6. The van der Waals surface area contributed by atoms with Crippen LogP contribution in [0.2, 0.25) is 0 Å². The number of morpholine rings is 1. The number of hydrogen-bond donors (Lipinski definition) is 0. The second-order valence-electron chi connectivity index (χ2n) is 5.96. The molecule has 1 aliphatic heterocycles. The molecule has 126 valence electrons. The lowest BCUT2D eigenvalue weighted by Crippen LogP contribution is -2.42. The normalized spacial score (nSPS) is 17.4. The molecular weight excluding hydrogens is 316 g/mol. The summed E-state index contributed by atoms with van der Waals surface area (Å²) in [4.78, 5) is 18.6. The average molecular weight is 334 g/mol. The van der Waals surface area contributed by atoms with Crippen LogP contribution in [0.3, 0.4) is 0 Å². The van der Waals surface area contributed by atoms with E-state index in [-0.39, 0.29) is 12.0 Å². The smallest absolute Gasteiger partial charge is 0.254 e. The van der Waals surface area contributed by atoms with Crippen molar-refractivity contribution in [2.24, 2.45) is 0 Å². The number of benzene rings is 2. The molecule has 5 heteroatoms. The van der Waals surface area contributed by atoms with E-state index in [1.165, 1.54) is 6.39 Å². The Morgan fingerprint density at radius 1 is 1.08 bits per heavy atom. The number of rotatable bonds is 3. The summed E-state index contributed by atoms with van der Waals surface area (Å²) in [7, 11) is 0. The molecule has 4 rings (SSSR count). The lowest BCUT2D eigenvalue weighted by molar-refractivity contribution is -0.0228. The molecular formula is C20H18N2O3. The van der Waals surface area contributed by atoms with Crippen molar-refractivity contribution in [3.05, 3.63) is 78.3 Å². The Morgan fingerprint density at radius 3 is 2.60 bits per heavy atom. The van der Waals surface area contributed by atoms with Crippen LogP contribution in [0.1, 0.15) is 22.0 Å². The highest BCUT2D eigenvalue weighted by molar-refractivity contribution is 5.94. The Labute approximate surface area is 145 Å². The first-order valence-electron chi connectivity index (χ1n) is 8.26. The van der Waals surface area contributed by atoms with Crippen molar-refractivity contribution < 1.29 is 13.9 Å². The van der Waals surface area contributed by atoms with E-state index in [4.69, 9.17) is 9.15 Å². The quantitative estimate of drug-likeness (QED) is 0.735. The van der Waals surface area contributed by atoms with Crippen LogP contribution in [-0.4, -0.2) is 35.5 Å². The van der Waals surface area contributed by atoms with E-state index in [2.05, 4.69) is 4.98 Å². The molecule has 3 aromatic rings. The summed E-state index contributed by atoms with van der Waals surface area (Å²) in [5.41, 5.74) is 2.66. The maximum Gasteiger partial charge on any atom is 0.254 e. The van der Waals surface area contributed by atoms with Crippen molar-refractivity contribution in [3.63, 3.8) is 0 Å². The van der Waals surface area contributed by atoms with Gasteiger partial charge in [-0.2, -0.15) is 0 Å². The maximum atomic E-state index is 12.8. The molecule has 2 aromatic carbocycles. The molecule has 1 unspecified atom stereocenters. The zero-order chi connectivity index (χ0) is 17.1. The molecule has 1 amide bonds. The number of carbonyl (C=O) groups is 1. The number of carbonyl (C=O) groups excluding carboxylic acids is 1. The first-order chi connectivity index (χ1) is 12.3. The largest absolute Gasteiger partial charge is 0.444 e. The van der Waals surface area contributed by atoms with Crippen molar-refractivity contribution in [2.45, 2.75) is 6.10 Å². The standard InChI is InChI=1S/C20H18N2O3/c23-20(17-8-6-16(7-9-17)18-12-21-14-25-18)22-10-11-24-19(13-22)15-4-2-1-3-5-15/h1-9,12,14,19H,10-11,13H2. The van der Waals surface area contributed by atoms with Gasteiger partial charge in [0.25, 0.3) is 5.91 Å². The third-order valence-electron chi connectivity index (χ3n) is 4.37. The van der Waals surface area contributed by atoms with Gasteiger partial charge in [-0.3, -0.25) is 4.79 Å². The fourth-order valence-electron chi connectivity index (χ4n) is 3.02. The van der Waals surface area contributed by atoms with Crippen molar-refractivity contribution >= 4 is 5.91 Å². The van der Waals surface area contributed by atoms with Crippen LogP contribution < -0.4 is 0 Å². The second kappa shape index (κ2) is 6.91. The number of nitrogens with zero attached hydrogens (tertiary/aromatic N) is 2. The van der Waals surface area contributed by atoms with Crippen molar-refractivity contribution in [2.75, 3.05) is 19.7 Å². The van der Waals surface area contributed by atoms with Gasteiger partial charge in [0, 0.05) is 17.7 Å². The van der Waals surface area contributed by atoms with E-state index in [1.54, 1.807) is 6.20 Å². The summed E-state index contributed by atoms with van der Waals surface area (Å²) in [5.74, 6) is 0.711. The molecule has 5 nitrogen and oxygen atoms in total. The predicted molar refractivity (Wildman–Crippen MR) is 93.0 cm³/mol. The minimum atomic E-state index is -0.0765. The fourth-order valence-corrected chi connectivity index (χ4v) is 3.02. The van der Waals surface area contributed by atoms with Gasteiger partial charge >= 0.3 is 0 Å². The monoisotopic (exact) mass is 334 g/mol. The highest BCUT2D eigenvalue weighted by Crippen LogP contribution is 2.24. The summed E-state index contributed by atoms with van der Waals surface area (Å²) < 4.78 is 11.1. The molecule has 1 atom stereocenters. The Hall–Kier alpha value is -2.92. The average Bonchev–Trinajstić information content (AvgIpc) is 3.23. The molecule has 0 aliphatic carbocycles. The second-order valence-corrected chi connectivity index (χ2v) is 5.96. The lowest BCUT2D eigenvalue weighted by Gasteiger charge is -2.33. The molecule has 0 radical (unpaired) electrons. The minimum absolute atomic E-state index is 0.0216. The lowest BCUT2D eigenvalue weighted by atomic mass is 10.1. The fraction of sp³-hybridized carbons (Fsp3) is 0.200. The SMILES string of the molecule is O=C(c1ccc(-c2cnco2)cc1)N1CCOC(c2ccccc2)C1. The van der Waals surface area contributed by atoms with Crippen LogP contribution in [0.5, 0.6) is 0 Å².